The third-order valence-electron chi connectivity index (χ3n) is 4.61. The summed E-state index contributed by atoms with van der Waals surface area (Å²) in [6, 6.07) is 9.36. The average Bonchev–Trinajstić information content (AvgIpc) is 3.23. The number of carbonyl (C=O) groups is 2. The molecule has 1 aromatic heterocycles. The quantitative estimate of drug-likeness (QED) is 0.669. The number of para-hydroxylation sites is 1. The Bertz CT molecular complexity index is 777. The fraction of sp³-hybridized carbons (Fsp3) is 0.421. The number of hydrogen-bond acceptors (Lipinski definition) is 4. The predicted molar refractivity (Wildman–Crippen MR) is 93.9 cm³/mol. The van der Waals surface area contributed by atoms with Gasteiger partial charge >= 0.3 is 0 Å². The van der Waals surface area contributed by atoms with E-state index in [1.54, 1.807) is 18.5 Å². The summed E-state index contributed by atoms with van der Waals surface area (Å²) in [7, 11) is 0. The van der Waals surface area contributed by atoms with Gasteiger partial charge in [-0.05, 0) is 45.7 Å². The highest BCUT2D eigenvalue weighted by atomic mass is 16.5. The van der Waals surface area contributed by atoms with Gasteiger partial charge in [0.2, 0.25) is 0 Å². The Labute approximate surface area is 147 Å². The van der Waals surface area contributed by atoms with Crippen molar-refractivity contribution in [1.82, 2.24) is 15.1 Å². The lowest BCUT2D eigenvalue weighted by Gasteiger charge is -2.19. The smallest absolute Gasteiger partial charge is 0.292 e. The molecule has 0 unspecified atom stereocenters. The van der Waals surface area contributed by atoms with Gasteiger partial charge in [-0.3, -0.25) is 9.59 Å². The van der Waals surface area contributed by atoms with E-state index in [1.807, 2.05) is 37.3 Å². The number of benzene rings is 1. The van der Waals surface area contributed by atoms with E-state index in [1.165, 1.54) is 0 Å². The fourth-order valence-corrected chi connectivity index (χ4v) is 3.27. The Balaban J connectivity index is 1.80. The van der Waals surface area contributed by atoms with Crippen molar-refractivity contribution in [3.63, 3.8) is 0 Å². The highest BCUT2D eigenvalue weighted by Gasteiger charge is 2.29. The normalized spacial score (nSPS) is 18.1. The van der Waals surface area contributed by atoms with E-state index in [2.05, 4.69) is 10.4 Å². The lowest BCUT2D eigenvalue weighted by Crippen LogP contribution is -2.44. The lowest BCUT2D eigenvalue weighted by molar-refractivity contribution is -0.118. The molecular weight excluding hydrogens is 318 g/mol. The molecule has 0 saturated carbocycles. The van der Waals surface area contributed by atoms with Gasteiger partial charge in [0.05, 0.1) is 34.8 Å². The van der Waals surface area contributed by atoms with Crippen molar-refractivity contribution in [1.29, 1.82) is 0 Å². The molecule has 1 saturated heterocycles. The number of carbonyl (C=O) groups excluding carboxylic acids is 2. The van der Waals surface area contributed by atoms with Crippen LogP contribution in [0.2, 0.25) is 0 Å². The van der Waals surface area contributed by atoms with Crippen molar-refractivity contribution in [2.75, 3.05) is 6.61 Å². The Morgan fingerprint density at radius 2 is 2.00 bits per heavy atom. The van der Waals surface area contributed by atoms with Crippen LogP contribution in [0.3, 0.4) is 0 Å². The maximum absolute atomic E-state index is 12.7. The van der Waals surface area contributed by atoms with Crippen LogP contribution >= 0.6 is 0 Å². The first-order chi connectivity index (χ1) is 12.0. The van der Waals surface area contributed by atoms with E-state index in [9.17, 15) is 9.59 Å². The molecule has 6 nitrogen and oxygen atoms in total. The third kappa shape index (κ3) is 3.49. The first kappa shape index (κ1) is 17.4. The highest BCUT2D eigenvalue weighted by Crippen LogP contribution is 2.19. The molecule has 0 bridgehead atoms. The number of aromatic nitrogens is 2. The third-order valence-corrected chi connectivity index (χ3v) is 4.61. The standard InChI is InChI=1S/C19H23N3O3/c1-12(16-10-7-11-25-16)20-19(24)18(23)17-13(2)21-22(14(17)3)15-8-5-4-6-9-15/h4-6,8-9,12,16H,7,10-11H2,1-3H3,(H,20,24)/t12-,16+/m0/s1. The van der Waals surface area contributed by atoms with Crippen molar-refractivity contribution in [2.45, 2.75) is 45.8 Å². The molecule has 1 aromatic carbocycles. The van der Waals surface area contributed by atoms with Gasteiger partial charge in [-0.2, -0.15) is 5.10 Å². The summed E-state index contributed by atoms with van der Waals surface area (Å²) in [6.45, 7) is 6.13. The topological polar surface area (TPSA) is 73.2 Å². The van der Waals surface area contributed by atoms with Gasteiger partial charge < -0.3 is 10.1 Å². The SMILES string of the molecule is Cc1nn(-c2ccccc2)c(C)c1C(=O)C(=O)N[C@@H](C)[C@H]1CCCO1. The minimum absolute atomic E-state index is 0.0222. The second-order valence-electron chi connectivity index (χ2n) is 6.44. The molecule has 2 aromatic rings. The zero-order valence-electron chi connectivity index (χ0n) is 14.8. The number of nitrogens with one attached hydrogen (secondary N) is 1. The van der Waals surface area contributed by atoms with E-state index >= 15 is 0 Å². The molecule has 6 heteroatoms. The molecule has 25 heavy (non-hydrogen) atoms. The van der Waals surface area contributed by atoms with Gasteiger partial charge in [0, 0.05) is 6.61 Å². The first-order valence-corrected chi connectivity index (χ1v) is 8.57. The number of ketones is 1. The molecule has 0 aliphatic carbocycles. The Morgan fingerprint density at radius 3 is 2.64 bits per heavy atom. The average molecular weight is 341 g/mol. The van der Waals surface area contributed by atoms with Crippen molar-refractivity contribution >= 4 is 11.7 Å². The Morgan fingerprint density at radius 1 is 1.28 bits per heavy atom. The second kappa shape index (κ2) is 7.19. The van der Waals surface area contributed by atoms with E-state index in [-0.39, 0.29) is 12.1 Å². The number of amides is 1. The zero-order chi connectivity index (χ0) is 18.0. The van der Waals surface area contributed by atoms with Crippen molar-refractivity contribution in [2.24, 2.45) is 0 Å². The predicted octanol–water partition coefficient (Wildman–Crippen LogP) is 2.36. The van der Waals surface area contributed by atoms with Gasteiger partial charge in [0.25, 0.3) is 11.7 Å². The van der Waals surface area contributed by atoms with Crippen LogP contribution in [0.5, 0.6) is 0 Å². The van der Waals surface area contributed by atoms with Crippen LogP contribution in [-0.2, 0) is 9.53 Å². The summed E-state index contributed by atoms with van der Waals surface area (Å²) in [6.07, 6.45) is 1.87. The van der Waals surface area contributed by atoms with Crippen LogP contribution < -0.4 is 5.32 Å². The van der Waals surface area contributed by atoms with Gasteiger partial charge in [-0.1, -0.05) is 18.2 Å². The van der Waals surface area contributed by atoms with Crippen LogP contribution in [-0.4, -0.2) is 40.2 Å². The van der Waals surface area contributed by atoms with E-state index < -0.39 is 11.7 Å². The lowest BCUT2D eigenvalue weighted by atomic mass is 10.1. The Kier molecular flexibility index (Phi) is 4.99. The molecule has 2 heterocycles. The van der Waals surface area contributed by atoms with Crippen molar-refractivity contribution in [3.8, 4) is 5.69 Å². The molecule has 3 rings (SSSR count). The molecule has 0 radical (unpaired) electrons. The first-order valence-electron chi connectivity index (χ1n) is 8.57. The van der Waals surface area contributed by atoms with Crippen molar-refractivity contribution in [3.05, 3.63) is 47.3 Å². The summed E-state index contributed by atoms with van der Waals surface area (Å²) < 4.78 is 7.26. The van der Waals surface area contributed by atoms with E-state index in [0.717, 1.165) is 18.5 Å². The molecule has 1 amide bonds. The number of nitrogens with zero attached hydrogens (tertiary/aromatic N) is 2. The molecule has 0 spiro atoms. The van der Waals surface area contributed by atoms with Crippen LogP contribution in [0.1, 0.15) is 41.5 Å². The maximum atomic E-state index is 12.7. The van der Waals surface area contributed by atoms with Gasteiger partial charge in [0.1, 0.15) is 0 Å². The minimum Gasteiger partial charge on any atom is -0.376 e. The summed E-state index contributed by atoms with van der Waals surface area (Å²) >= 11 is 0. The molecule has 1 N–H and O–H groups in total. The summed E-state index contributed by atoms with van der Waals surface area (Å²) in [4.78, 5) is 25.1. The largest absolute Gasteiger partial charge is 0.376 e. The number of rotatable bonds is 5. The van der Waals surface area contributed by atoms with Gasteiger partial charge in [-0.15, -0.1) is 0 Å². The number of Topliss-reactive ketones (excluding diaryl/α,β-unsaturated/α-hetero) is 1. The highest BCUT2D eigenvalue weighted by molar-refractivity contribution is 6.43. The minimum atomic E-state index is -0.609. The van der Waals surface area contributed by atoms with Crippen molar-refractivity contribution < 1.29 is 14.3 Å². The van der Waals surface area contributed by atoms with Gasteiger partial charge in [-0.25, -0.2) is 4.68 Å². The number of ether oxygens (including phenoxy) is 1. The fourth-order valence-electron chi connectivity index (χ4n) is 3.27. The molecule has 132 valence electrons. The molecular formula is C19H23N3O3. The summed E-state index contributed by atoms with van der Waals surface area (Å²) in [5.74, 6) is -1.16. The van der Waals surface area contributed by atoms with Crippen LogP contribution in [0.4, 0.5) is 0 Å². The van der Waals surface area contributed by atoms with Gasteiger partial charge in [0.15, 0.2) is 0 Å². The molecule has 1 aliphatic rings. The molecule has 2 atom stereocenters. The number of hydrogen-bond donors (Lipinski definition) is 1. The summed E-state index contributed by atoms with van der Waals surface area (Å²) in [5, 5.41) is 7.20. The van der Waals surface area contributed by atoms with Crippen LogP contribution in [0.25, 0.3) is 5.69 Å². The van der Waals surface area contributed by atoms with E-state index in [0.29, 0.717) is 23.6 Å². The molecule has 1 aliphatic heterocycles. The monoisotopic (exact) mass is 341 g/mol. The van der Waals surface area contributed by atoms with E-state index in [4.69, 9.17) is 4.74 Å². The molecule has 1 fully saturated rings. The zero-order valence-corrected chi connectivity index (χ0v) is 14.8. The van der Waals surface area contributed by atoms with Crippen LogP contribution in [0.15, 0.2) is 30.3 Å². The van der Waals surface area contributed by atoms with Crippen LogP contribution in [0, 0.1) is 13.8 Å². The second-order valence-corrected chi connectivity index (χ2v) is 6.44. The number of aryl methyl sites for hydroxylation is 1. The maximum Gasteiger partial charge on any atom is 0.292 e. The Hall–Kier alpha value is -2.47. The summed E-state index contributed by atoms with van der Waals surface area (Å²) in [5.41, 5.74) is 2.43.